The summed E-state index contributed by atoms with van der Waals surface area (Å²) in [6, 6.07) is 3.18. The van der Waals surface area contributed by atoms with Crippen molar-refractivity contribution in [1.82, 2.24) is 19.6 Å². The third-order valence-corrected chi connectivity index (χ3v) is 2.60. The van der Waals surface area contributed by atoms with Crippen molar-refractivity contribution in [2.45, 2.75) is 0 Å². The number of hydrogen-bond donors (Lipinski definition) is 1. The zero-order valence-electron chi connectivity index (χ0n) is 9.49. The minimum absolute atomic E-state index is 0.124. The molecule has 1 N–H and O–H groups in total. The zero-order valence-corrected chi connectivity index (χ0v) is 9.49. The fraction of sp³-hybridized carbons (Fsp3) is 0. The monoisotopic (exact) mass is 258 g/mol. The maximum atomic E-state index is 13.1. The molecule has 2 heterocycles. The molecule has 1 aromatic carbocycles. The zero-order chi connectivity index (χ0) is 13.4. The summed E-state index contributed by atoms with van der Waals surface area (Å²) >= 11 is 0. The lowest BCUT2D eigenvalue weighted by atomic mass is 10.1. The van der Waals surface area contributed by atoms with E-state index in [1.807, 2.05) is 0 Å². The largest absolute Gasteiger partial charge is 0.507 e. The predicted molar refractivity (Wildman–Crippen MR) is 62.3 cm³/mol. The molecule has 0 atom stereocenters. The highest BCUT2D eigenvalue weighted by atomic mass is 19.1. The number of rotatable bonds is 2. The molecule has 0 bridgehead atoms. The molecular formula is C12H7FN4O2. The Hall–Kier alpha value is -2.83. The van der Waals surface area contributed by atoms with Gasteiger partial charge in [-0.25, -0.2) is 13.9 Å². The van der Waals surface area contributed by atoms with Crippen LogP contribution >= 0.6 is 0 Å². The average Bonchev–Trinajstić information content (AvgIpc) is 2.88. The Balaban J connectivity index is 2.09. The molecule has 2 aromatic heterocycles. The Labute approximate surface area is 106 Å². The maximum Gasteiger partial charge on any atom is 0.252 e. The molecule has 6 nitrogen and oxygen atoms in total. The lowest BCUT2D eigenvalue weighted by Gasteiger charge is -2.04. The summed E-state index contributed by atoms with van der Waals surface area (Å²) in [4.78, 5) is 19.9. The molecule has 0 saturated carbocycles. The Bertz CT molecular complexity index is 784. The standard InChI is InChI=1S/C12H7FN4O2/c13-8-1-2-10(18)9(3-8)11(19)7-4-14-12-15-6-16-17(12)5-7/h1-6,18H. The first kappa shape index (κ1) is 11.3. The van der Waals surface area contributed by atoms with Crippen LogP contribution < -0.4 is 0 Å². The third kappa shape index (κ3) is 1.90. The highest BCUT2D eigenvalue weighted by Crippen LogP contribution is 2.21. The van der Waals surface area contributed by atoms with E-state index >= 15 is 0 Å². The Morgan fingerprint density at radius 2 is 2.16 bits per heavy atom. The molecule has 94 valence electrons. The molecule has 3 rings (SSSR count). The SMILES string of the molecule is O=C(c1cnc2ncnn2c1)c1cc(F)ccc1O. The number of phenols is 1. The first-order chi connectivity index (χ1) is 9.15. The second-order valence-electron chi connectivity index (χ2n) is 3.84. The number of halogens is 1. The van der Waals surface area contributed by atoms with Crippen LogP contribution in [-0.4, -0.2) is 30.5 Å². The van der Waals surface area contributed by atoms with Crippen LogP contribution in [0.2, 0.25) is 0 Å². The summed E-state index contributed by atoms with van der Waals surface area (Å²) in [5.74, 6) is -1.08. The quantitative estimate of drug-likeness (QED) is 0.698. The number of phenolic OH excluding ortho intramolecular Hbond substituents is 1. The van der Waals surface area contributed by atoms with E-state index in [4.69, 9.17) is 0 Å². The van der Waals surface area contributed by atoms with Gasteiger partial charge in [0.05, 0.1) is 11.1 Å². The van der Waals surface area contributed by atoms with Gasteiger partial charge in [-0.15, -0.1) is 0 Å². The topological polar surface area (TPSA) is 80.4 Å². The van der Waals surface area contributed by atoms with Crippen LogP contribution in [0.3, 0.4) is 0 Å². The van der Waals surface area contributed by atoms with Gasteiger partial charge in [0.2, 0.25) is 0 Å². The third-order valence-electron chi connectivity index (χ3n) is 2.60. The molecule has 0 aliphatic heterocycles. The van der Waals surface area contributed by atoms with Gasteiger partial charge in [0.25, 0.3) is 5.78 Å². The number of hydrogen-bond acceptors (Lipinski definition) is 5. The summed E-state index contributed by atoms with van der Waals surface area (Å²) in [5, 5.41) is 13.4. The van der Waals surface area contributed by atoms with E-state index in [9.17, 15) is 14.3 Å². The van der Waals surface area contributed by atoms with Crippen molar-refractivity contribution in [3.63, 3.8) is 0 Å². The molecule has 0 fully saturated rings. The number of nitrogens with zero attached hydrogens (tertiary/aromatic N) is 4. The number of aromatic hydroxyl groups is 1. The highest BCUT2D eigenvalue weighted by molar-refractivity contribution is 6.10. The van der Waals surface area contributed by atoms with Gasteiger partial charge in [0, 0.05) is 12.4 Å². The van der Waals surface area contributed by atoms with Crippen molar-refractivity contribution >= 4 is 11.6 Å². The maximum absolute atomic E-state index is 13.1. The summed E-state index contributed by atoms with van der Waals surface area (Å²) < 4.78 is 14.4. The van der Waals surface area contributed by atoms with Gasteiger partial charge in [0.1, 0.15) is 17.9 Å². The van der Waals surface area contributed by atoms with E-state index in [1.165, 1.54) is 23.2 Å². The molecule has 3 aromatic rings. The van der Waals surface area contributed by atoms with Crippen molar-refractivity contribution in [1.29, 1.82) is 0 Å². The number of benzene rings is 1. The van der Waals surface area contributed by atoms with Crippen molar-refractivity contribution in [3.8, 4) is 5.75 Å². The van der Waals surface area contributed by atoms with Gasteiger partial charge in [-0.05, 0) is 18.2 Å². The number of aromatic nitrogens is 4. The van der Waals surface area contributed by atoms with Gasteiger partial charge in [-0.2, -0.15) is 10.1 Å². The lowest BCUT2D eigenvalue weighted by molar-refractivity contribution is 0.103. The summed E-state index contributed by atoms with van der Waals surface area (Å²) in [5.41, 5.74) is 0.0557. The molecule has 0 radical (unpaired) electrons. The van der Waals surface area contributed by atoms with Crippen molar-refractivity contribution in [2.75, 3.05) is 0 Å². The molecule has 0 saturated heterocycles. The van der Waals surface area contributed by atoms with Crippen LogP contribution in [-0.2, 0) is 0 Å². The second-order valence-corrected chi connectivity index (χ2v) is 3.84. The van der Waals surface area contributed by atoms with E-state index < -0.39 is 11.6 Å². The van der Waals surface area contributed by atoms with E-state index in [2.05, 4.69) is 15.1 Å². The molecular weight excluding hydrogens is 251 g/mol. The van der Waals surface area contributed by atoms with E-state index in [-0.39, 0.29) is 16.9 Å². The fourth-order valence-electron chi connectivity index (χ4n) is 1.68. The number of ketones is 1. The second kappa shape index (κ2) is 4.13. The van der Waals surface area contributed by atoms with Crippen LogP contribution in [0.15, 0.2) is 36.9 Å². The van der Waals surface area contributed by atoms with Crippen molar-refractivity contribution in [2.24, 2.45) is 0 Å². The van der Waals surface area contributed by atoms with E-state index in [1.54, 1.807) is 0 Å². The van der Waals surface area contributed by atoms with Crippen molar-refractivity contribution in [3.05, 3.63) is 53.9 Å². The van der Waals surface area contributed by atoms with Gasteiger partial charge in [0.15, 0.2) is 5.78 Å². The summed E-state index contributed by atoms with van der Waals surface area (Å²) in [7, 11) is 0. The van der Waals surface area contributed by atoms with Gasteiger partial charge >= 0.3 is 0 Å². The van der Waals surface area contributed by atoms with Crippen LogP contribution in [0, 0.1) is 5.82 Å². The van der Waals surface area contributed by atoms with Crippen LogP contribution in [0.25, 0.3) is 5.78 Å². The number of fused-ring (bicyclic) bond motifs is 1. The Morgan fingerprint density at radius 1 is 1.32 bits per heavy atom. The summed E-state index contributed by atoms with van der Waals surface area (Å²) in [6.07, 6.45) is 4.02. The van der Waals surface area contributed by atoms with E-state index in [0.717, 1.165) is 18.2 Å². The average molecular weight is 258 g/mol. The number of carbonyl (C=O) groups is 1. The molecule has 0 spiro atoms. The van der Waals surface area contributed by atoms with E-state index in [0.29, 0.717) is 5.78 Å². The molecule has 0 aliphatic carbocycles. The molecule has 7 heteroatoms. The Kier molecular flexibility index (Phi) is 2.45. The molecule has 0 unspecified atom stereocenters. The van der Waals surface area contributed by atoms with Crippen molar-refractivity contribution < 1.29 is 14.3 Å². The predicted octanol–water partition coefficient (Wildman–Crippen LogP) is 1.20. The van der Waals surface area contributed by atoms with Crippen LogP contribution in [0.5, 0.6) is 5.75 Å². The lowest BCUT2D eigenvalue weighted by Crippen LogP contribution is -2.05. The number of carbonyl (C=O) groups excluding carboxylic acids is 1. The first-order valence-corrected chi connectivity index (χ1v) is 5.34. The highest BCUT2D eigenvalue weighted by Gasteiger charge is 2.16. The molecule has 0 aliphatic rings. The van der Waals surface area contributed by atoms with Gasteiger partial charge < -0.3 is 5.11 Å². The van der Waals surface area contributed by atoms with Crippen LogP contribution in [0.1, 0.15) is 15.9 Å². The first-order valence-electron chi connectivity index (χ1n) is 5.34. The Morgan fingerprint density at radius 3 is 3.00 bits per heavy atom. The van der Waals surface area contributed by atoms with Crippen LogP contribution in [0.4, 0.5) is 4.39 Å². The molecule has 19 heavy (non-hydrogen) atoms. The molecule has 0 amide bonds. The van der Waals surface area contributed by atoms with Gasteiger partial charge in [-0.3, -0.25) is 4.79 Å². The minimum atomic E-state index is -0.601. The smallest absolute Gasteiger partial charge is 0.252 e. The van der Waals surface area contributed by atoms with Gasteiger partial charge in [-0.1, -0.05) is 0 Å². The fourth-order valence-corrected chi connectivity index (χ4v) is 1.68. The summed E-state index contributed by atoms with van der Waals surface area (Å²) in [6.45, 7) is 0. The minimum Gasteiger partial charge on any atom is -0.507 e. The normalized spacial score (nSPS) is 10.8.